The number of fused-ring (bicyclic) bond motifs is 1. The monoisotopic (exact) mass is 546 g/mol. The average Bonchev–Trinajstić information content (AvgIpc) is 3.42. The highest BCUT2D eigenvalue weighted by Crippen LogP contribution is 2.49. The van der Waals surface area contributed by atoms with Gasteiger partial charge in [-0.15, -0.1) is 11.3 Å². The number of benzene rings is 1. The molecule has 36 heavy (non-hydrogen) atoms. The summed E-state index contributed by atoms with van der Waals surface area (Å²) in [6, 6.07) is 5.38. The molecule has 0 fully saturated rings. The number of anilines is 1. The molecule has 0 radical (unpaired) electrons. The summed E-state index contributed by atoms with van der Waals surface area (Å²) in [4.78, 5) is 17.0. The lowest BCUT2D eigenvalue weighted by Crippen LogP contribution is -2.23. The van der Waals surface area contributed by atoms with Crippen LogP contribution in [0, 0.1) is 0 Å². The van der Waals surface area contributed by atoms with Crippen LogP contribution in [0.15, 0.2) is 43.2 Å². The van der Waals surface area contributed by atoms with Gasteiger partial charge < -0.3 is 19.9 Å². The first-order valence-corrected chi connectivity index (χ1v) is 12.3. The number of ether oxygens (including phenoxy) is 2. The van der Waals surface area contributed by atoms with Crippen molar-refractivity contribution in [3.63, 3.8) is 0 Å². The van der Waals surface area contributed by atoms with Gasteiger partial charge in [-0.25, -0.2) is 0 Å². The third-order valence-electron chi connectivity index (χ3n) is 5.70. The second-order valence-electron chi connectivity index (χ2n) is 8.21. The zero-order chi connectivity index (χ0) is 26.2. The average molecular weight is 547 g/mol. The molecule has 1 atom stereocenters. The van der Waals surface area contributed by atoms with Gasteiger partial charge in [0.25, 0.3) is 0 Å². The van der Waals surface area contributed by atoms with Crippen LogP contribution < -0.4 is 14.8 Å². The van der Waals surface area contributed by atoms with Crippen LogP contribution in [0.25, 0.3) is 10.1 Å². The maximum Gasteiger partial charge on any atom is 0.247 e. The van der Waals surface area contributed by atoms with E-state index in [4.69, 9.17) is 32.7 Å². The van der Waals surface area contributed by atoms with Crippen LogP contribution in [0.3, 0.4) is 0 Å². The van der Waals surface area contributed by atoms with Crippen molar-refractivity contribution in [1.82, 2.24) is 14.8 Å². The number of aryl methyl sites for hydroxylation is 1. The molecule has 8 nitrogen and oxygen atoms in total. The third kappa shape index (κ3) is 4.79. The van der Waals surface area contributed by atoms with Crippen LogP contribution in [-0.2, 0) is 23.9 Å². The molecule has 1 unspecified atom stereocenters. The van der Waals surface area contributed by atoms with Crippen molar-refractivity contribution in [2.24, 2.45) is 7.05 Å². The standard InChI is InChI=1S/C25H24Cl2N4O4S/c1-6-21(32)29-16-12-31(3)30-15(16)9-14-7-13-8-20(36-19(13)11-28-14)25(2,33)22-23(26)17(34-4)10-18(35-5)24(22)27/h6-8,10-12,33H,1,9H2,2-5H3,(H,29,32). The Morgan fingerprint density at radius 2 is 1.92 bits per heavy atom. The molecule has 2 N–H and O–H groups in total. The number of nitrogens with one attached hydrogen (secondary N) is 1. The van der Waals surface area contributed by atoms with Gasteiger partial charge in [-0.05, 0) is 30.5 Å². The zero-order valence-corrected chi connectivity index (χ0v) is 22.4. The van der Waals surface area contributed by atoms with Crippen LogP contribution in [0.1, 0.15) is 28.8 Å². The van der Waals surface area contributed by atoms with Gasteiger partial charge in [0, 0.05) is 48.1 Å². The maximum atomic E-state index is 11.8. The molecule has 188 valence electrons. The fourth-order valence-electron chi connectivity index (χ4n) is 3.89. The molecule has 0 saturated heterocycles. The summed E-state index contributed by atoms with van der Waals surface area (Å²) in [5, 5.41) is 20.2. The summed E-state index contributed by atoms with van der Waals surface area (Å²) >= 11 is 14.5. The molecule has 11 heteroatoms. The molecule has 0 aliphatic rings. The Hall–Kier alpha value is -3.11. The largest absolute Gasteiger partial charge is 0.495 e. The Balaban J connectivity index is 1.72. The van der Waals surface area contributed by atoms with E-state index in [1.54, 1.807) is 37.1 Å². The summed E-state index contributed by atoms with van der Waals surface area (Å²) in [6.45, 7) is 5.11. The highest BCUT2D eigenvalue weighted by molar-refractivity contribution is 7.19. The van der Waals surface area contributed by atoms with Gasteiger partial charge in [0.15, 0.2) is 0 Å². The van der Waals surface area contributed by atoms with Crippen molar-refractivity contribution in [3.8, 4) is 11.5 Å². The lowest BCUT2D eigenvalue weighted by molar-refractivity contribution is -0.111. The molecule has 4 rings (SSSR count). The maximum absolute atomic E-state index is 11.8. The van der Waals surface area contributed by atoms with Crippen molar-refractivity contribution in [2.75, 3.05) is 19.5 Å². The van der Waals surface area contributed by atoms with E-state index >= 15 is 0 Å². The number of pyridine rings is 1. The highest BCUT2D eigenvalue weighted by Gasteiger charge is 2.35. The number of carbonyl (C=O) groups excluding carboxylic acids is 1. The number of rotatable bonds is 8. The van der Waals surface area contributed by atoms with Crippen molar-refractivity contribution in [1.29, 1.82) is 0 Å². The van der Waals surface area contributed by atoms with Gasteiger partial charge in [0.2, 0.25) is 5.91 Å². The first-order valence-electron chi connectivity index (χ1n) is 10.8. The number of aromatic nitrogens is 3. The van der Waals surface area contributed by atoms with Crippen LogP contribution in [0.5, 0.6) is 11.5 Å². The Kier molecular flexibility index (Phi) is 7.28. The van der Waals surface area contributed by atoms with Crippen LogP contribution >= 0.6 is 34.5 Å². The summed E-state index contributed by atoms with van der Waals surface area (Å²) in [5.41, 5.74) is 0.762. The smallest absolute Gasteiger partial charge is 0.247 e. The molecule has 4 aromatic rings. The molecule has 1 amide bonds. The van der Waals surface area contributed by atoms with E-state index < -0.39 is 5.60 Å². The van der Waals surface area contributed by atoms with Crippen LogP contribution in [-0.4, -0.2) is 40.0 Å². The van der Waals surface area contributed by atoms with Gasteiger partial charge in [-0.2, -0.15) is 5.10 Å². The number of carbonyl (C=O) groups is 1. The third-order valence-corrected chi connectivity index (χ3v) is 7.74. The van der Waals surface area contributed by atoms with Gasteiger partial charge in [0.1, 0.15) is 17.1 Å². The Morgan fingerprint density at radius 3 is 2.53 bits per heavy atom. The van der Waals surface area contributed by atoms with E-state index in [-0.39, 0.29) is 21.5 Å². The lowest BCUT2D eigenvalue weighted by atomic mass is 9.93. The number of nitrogens with zero attached hydrogens (tertiary/aromatic N) is 3. The predicted octanol–water partition coefficient (Wildman–Crippen LogP) is 5.32. The van der Waals surface area contributed by atoms with Gasteiger partial charge >= 0.3 is 0 Å². The molecule has 0 saturated carbocycles. The summed E-state index contributed by atoms with van der Waals surface area (Å²) < 4.78 is 13.2. The predicted molar refractivity (Wildman–Crippen MR) is 143 cm³/mol. The lowest BCUT2D eigenvalue weighted by Gasteiger charge is -2.26. The number of methoxy groups -OCH3 is 2. The fraction of sp³-hybridized carbons (Fsp3) is 0.240. The van der Waals surface area contributed by atoms with Crippen molar-refractivity contribution >= 4 is 56.2 Å². The summed E-state index contributed by atoms with van der Waals surface area (Å²) in [7, 11) is 4.74. The Morgan fingerprint density at radius 1 is 1.25 bits per heavy atom. The molecule has 1 aromatic carbocycles. The SMILES string of the molecule is C=CC(=O)Nc1cn(C)nc1Cc1cc2cc(C(C)(O)c3c(Cl)c(OC)cc(OC)c3Cl)sc2cn1. The Labute approximate surface area is 222 Å². The Bertz CT molecular complexity index is 1450. The normalized spacial score (nSPS) is 12.9. The van der Waals surface area contributed by atoms with E-state index in [1.165, 1.54) is 31.6 Å². The first-order chi connectivity index (χ1) is 17.1. The van der Waals surface area contributed by atoms with E-state index in [0.717, 1.165) is 15.8 Å². The van der Waals surface area contributed by atoms with E-state index in [9.17, 15) is 9.90 Å². The summed E-state index contributed by atoms with van der Waals surface area (Å²) in [6.07, 6.45) is 5.08. The number of amides is 1. The van der Waals surface area contributed by atoms with Gasteiger partial charge in [-0.1, -0.05) is 29.8 Å². The van der Waals surface area contributed by atoms with Crippen molar-refractivity contribution < 1.29 is 19.4 Å². The summed E-state index contributed by atoms with van der Waals surface area (Å²) in [5.74, 6) is 0.366. The number of aliphatic hydroxyl groups is 1. The topological polar surface area (TPSA) is 98.5 Å². The highest BCUT2D eigenvalue weighted by atomic mass is 35.5. The number of thiophene rings is 1. The van der Waals surface area contributed by atoms with Crippen LogP contribution in [0.4, 0.5) is 5.69 Å². The zero-order valence-electron chi connectivity index (χ0n) is 20.1. The number of hydrogen-bond donors (Lipinski definition) is 2. The molecular formula is C25H24Cl2N4O4S. The van der Waals surface area contributed by atoms with Crippen molar-refractivity contribution in [2.45, 2.75) is 18.9 Å². The van der Waals surface area contributed by atoms with E-state index in [2.05, 4.69) is 22.0 Å². The molecule has 0 aliphatic carbocycles. The van der Waals surface area contributed by atoms with E-state index in [0.29, 0.717) is 34.2 Å². The number of hydrogen-bond acceptors (Lipinski definition) is 7. The van der Waals surface area contributed by atoms with E-state index in [1.807, 2.05) is 12.1 Å². The minimum Gasteiger partial charge on any atom is -0.495 e. The molecular weight excluding hydrogens is 523 g/mol. The minimum absolute atomic E-state index is 0.203. The second kappa shape index (κ2) is 10.1. The molecule has 0 spiro atoms. The molecule has 3 aromatic heterocycles. The number of halogens is 2. The van der Waals surface area contributed by atoms with Gasteiger partial charge in [-0.3, -0.25) is 14.5 Å². The first kappa shape index (κ1) is 26.0. The fourth-order valence-corrected chi connectivity index (χ4v) is 5.82. The molecule has 0 bridgehead atoms. The van der Waals surface area contributed by atoms with Gasteiger partial charge in [0.05, 0.1) is 40.3 Å². The van der Waals surface area contributed by atoms with Crippen LogP contribution in [0.2, 0.25) is 10.0 Å². The molecule has 0 aliphatic heterocycles. The second-order valence-corrected chi connectivity index (χ2v) is 10.1. The quantitative estimate of drug-likeness (QED) is 0.290. The molecule has 3 heterocycles. The van der Waals surface area contributed by atoms with Crippen molar-refractivity contribution in [3.05, 3.63) is 75.1 Å². The minimum atomic E-state index is -1.54.